The van der Waals surface area contributed by atoms with Crippen LogP contribution in [0, 0.1) is 0 Å². The first-order valence-corrected chi connectivity index (χ1v) is 7.38. The van der Waals surface area contributed by atoms with Crippen LogP contribution in [-0.4, -0.2) is 26.8 Å². The second-order valence-electron chi connectivity index (χ2n) is 4.56. The van der Waals surface area contributed by atoms with Crippen LogP contribution in [0.25, 0.3) is 0 Å². The molecule has 0 amide bonds. The monoisotopic (exact) mass is 305 g/mol. The Morgan fingerprint density at radius 1 is 1.10 bits per heavy atom. The maximum absolute atomic E-state index is 6.07. The quantitative estimate of drug-likeness (QED) is 0.763. The first-order chi connectivity index (χ1) is 10.2. The van der Waals surface area contributed by atoms with Gasteiger partial charge >= 0.3 is 0 Å². The van der Waals surface area contributed by atoms with E-state index in [2.05, 4.69) is 17.9 Å². The summed E-state index contributed by atoms with van der Waals surface area (Å²) >= 11 is 6.07. The van der Waals surface area contributed by atoms with Gasteiger partial charge in [-0.3, -0.25) is 0 Å². The number of rotatable bonds is 7. The van der Waals surface area contributed by atoms with Crippen molar-refractivity contribution in [1.29, 1.82) is 0 Å². The van der Waals surface area contributed by atoms with Gasteiger partial charge in [0.25, 0.3) is 0 Å². The Morgan fingerprint density at radius 3 is 2.62 bits per heavy atom. The molecule has 3 nitrogen and oxygen atoms in total. The van der Waals surface area contributed by atoms with Crippen LogP contribution in [-0.2, 0) is 0 Å². The third-order valence-electron chi connectivity index (χ3n) is 3.26. The van der Waals surface area contributed by atoms with Gasteiger partial charge in [-0.2, -0.15) is 0 Å². The zero-order valence-corrected chi connectivity index (χ0v) is 13.1. The van der Waals surface area contributed by atoms with Gasteiger partial charge in [-0.15, -0.1) is 0 Å². The Balaban J connectivity index is 1.95. The largest absolute Gasteiger partial charge is 0.497 e. The Bertz CT molecular complexity index is 574. The summed E-state index contributed by atoms with van der Waals surface area (Å²) in [4.78, 5) is 2.24. The van der Waals surface area contributed by atoms with Gasteiger partial charge in [0.15, 0.2) is 0 Å². The van der Waals surface area contributed by atoms with E-state index in [4.69, 9.17) is 21.1 Å². The topological polar surface area (TPSA) is 21.7 Å². The fourth-order valence-corrected chi connectivity index (χ4v) is 2.29. The average Bonchev–Trinajstić information content (AvgIpc) is 2.53. The van der Waals surface area contributed by atoms with Crippen LogP contribution in [0.5, 0.6) is 11.5 Å². The number of para-hydroxylation sites is 1. The van der Waals surface area contributed by atoms with Crippen molar-refractivity contribution in [3.63, 3.8) is 0 Å². The molecule has 4 heteroatoms. The molecule has 0 N–H and O–H groups in total. The molecule has 0 aliphatic carbocycles. The van der Waals surface area contributed by atoms with Crippen molar-refractivity contribution in [2.75, 3.05) is 31.7 Å². The van der Waals surface area contributed by atoms with Gasteiger partial charge in [0, 0.05) is 18.3 Å². The predicted molar refractivity (Wildman–Crippen MR) is 87.8 cm³/mol. The van der Waals surface area contributed by atoms with E-state index in [1.807, 2.05) is 42.5 Å². The predicted octanol–water partition coefficient (Wildman–Crippen LogP) is 4.25. The first kappa shape index (κ1) is 15.5. The maximum atomic E-state index is 6.07. The molecule has 21 heavy (non-hydrogen) atoms. The van der Waals surface area contributed by atoms with Gasteiger partial charge in [-0.25, -0.2) is 0 Å². The third-order valence-corrected chi connectivity index (χ3v) is 3.57. The van der Waals surface area contributed by atoms with Gasteiger partial charge in [-0.05, 0) is 31.2 Å². The molecule has 0 saturated carbocycles. The van der Waals surface area contributed by atoms with E-state index in [1.165, 1.54) is 0 Å². The number of hydrogen-bond donors (Lipinski definition) is 0. The van der Waals surface area contributed by atoms with Crippen LogP contribution in [0.4, 0.5) is 5.69 Å². The summed E-state index contributed by atoms with van der Waals surface area (Å²) in [7, 11) is 1.68. The zero-order valence-electron chi connectivity index (χ0n) is 12.4. The number of likely N-dealkylation sites (N-methyl/N-ethyl adjacent to an activating group) is 1. The third kappa shape index (κ3) is 4.30. The minimum absolute atomic E-state index is 0.578. The van der Waals surface area contributed by atoms with E-state index in [0.29, 0.717) is 11.6 Å². The van der Waals surface area contributed by atoms with E-state index in [9.17, 15) is 0 Å². The summed E-state index contributed by atoms with van der Waals surface area (Å²) in [5.41, 5.74) is 1.12. The number of anilines is 1. The van der Waals surface area contributed by atoms with Crippen LogP contribution < -0.4 is 14.4 Å². The summed E-state index contributed by atoms with van der Waals surface area (Å²) in [5.74, 6) is 1.58. The van der Waals surface area contributed by atoms with Crippen molar-refractivity contribution in [2.24, 2.45) is 0 Å². The van der Waals surface area contributed by atoms with E-state index in [1.54, 1.807) is 7.11 Å². The average molecular weight is 306 g/mol. The van der Waals surface area contributed by atoms with Crippen molar-refractivity contribution in [3.8, 4) is 11.5 Å². The molecule has 0 bridgehead atoms. The van der Waals surface area contributed by atoms with E-state index in [0.717, 1.165) is 30.3 Å². The molecule has 0 atom stereocenters. The number of nitrogens with zero attached hydrogens (tertiary/aromatic N) is 1. The zero-order chi connectivity index (χ0) is 15.1. The lowest BCUT2D eigenvalue weighted by atomic mass is 10.2. The van der Waals surface area contributed by atoms with Gasteiger partial charge in [0.2, 0.25) is 0 Å². The number of hydrogen-bond acceptors (Lipinski definition) is 3. The molecule has 0 spiro atoms. The molecule has 0 aliphatic heterocycles. The van der Waals surface area contributed by atoms with Crippen molar-refractivity contribution in [2.45, 2.75) is 6.92 Å². The summed E-state index contributed by atoms with van der Waals surface area (Å²) in [6.07, 6.45) is 0. The maximum Gasteiger partial charge on any atom is 0.137 e. The summed E-state index contributed by atoms with van der Waals surface area (Å²) in [6.45, 7) is 4.39. The normalized spacial score (nSPS) is 10.2. The van der Waals surface area contributed by atoms with Crippen molar-refractivity contribution in [3.05, 3.63) is 53.6 Å². The summed E-state index contributed by atoms with van der Waals surface area (Å²) in [6, 6.07) is 15.6. The Labute approximate surface area is 131 Å². The molecule has 0 saturated heterocycles. The van der Waals surface area contributed by atoms with Crippen LogP contribution in [0.1, 0.15) is 6.92 Å². The van der Waals surface area contributed by atoms with Crippen molar-refractivity contribution < 1.29 is 9.47 Å². The Kier molecular flexibility index (Phi) is 5.76. The summed E-state index contributed by atoms with van der Waals surface area (Å²) < 4.78 is 11.0. The number of ether oxygens (including phenoxy) is 2. The number of benzene rings is 2. The van der Waals surface area contributed by atoms with Gasteiger partial charge < -0.3 is 14.4 Å². The van der Waals surface area contributed by atoms with Crippen LogP contribution >= 0.6 is 11.6 Å². The smallest absolute Gasteiger partial charge is 0.137 e. The molecule has 0 aromatic heterocycles. The second-order valence-corrected chi connectivity index (χ2v) is 4.97. The highest BCUT2D eigenvalue weighted by Crippen LogP contribution is 2.24. The van der Waals surface area contributed by atoms with Crippen molar-refractivity contribution >= 4 is 17.3 Å². The highest BCUT2D eigenvalue weighted by atomic mass is 35.5. The molecule has 0 aliphatic rings. The SMILES string of the molecule is CCN(CCOc1ccccc1Cl)c1cccc(OC)c1. The van der Waals surface area contributed by atoms with Gasteiger partial charge in [0.05, 0.1) is 18.7 Å². The minimum Gasteiger partial charge on any atom is -0.497 e. The fraction of sp³-hybridized carbons (Fsp3) is 0.294. The molecule has 2 rings (SSSR count). The van der Waals surface area contributed by atoms with Crippen LogP contribution in [0.15, 0.2) is 48.5 Å². The molecule has 0 fully saturated rings. The number of halogens is 1. The van der Waals surface area contributed by atoms with E-state index in [-0.39, 0.29) is 0 Å². The standard InChI is InChI=1S/C17H20ClNO2/c1-3-19(14-7-6-8-15(13-14)20-2)11-12-21-17-10-5-4-9-16(17)18/h4-10,13H,3,11-12H2,1-2H3. The lowest BCUT2D eigenvalue weighted by molar-refractivity contribution is 0.324. The van der Waals surface area contributed by atoms with E-state index < -0.39 is 0 Å². The molecule has 112 valence electrons. The highest BCUT2D eigenvalue weighted by Gasteiger charge is 2.06. The number of methoxy groups -OCH3 is 1. The second kappa shape index (κ2) is 7.79. The van der Waals surface area contributed by atoms with E-state index >= 15 is 0 Å². The fourth-order valence-electron chi connectivity index (χ4n) is 2.10. The summed E-state index contributed by atoms with van der Waals surface area (Å²) in [5, 5.41) is 0.641. The minimum atomic E-state index is 0.578. The van der Waals surface area contributed by atoms with Gasteiger partial charge in [-0.1, -0.05) is 29.8 Å². The molecule has 2 aromatic carbocycles. The lowest BCUT2D eigenvalue weighted by Gasteiger charge is -2.23. The first-order valence-electron chi connectivity index (χ1n) is 7.01. The van der Waals surface area contributed by atoms with Crippen molar-refractivity contribution in [1.82, 2.24) is 0 Å². The molecular formula is C17H20ClNO2. The van der Waals surface area contributed by atoms with Crippen LogP contribution in [0.3, 0.4) is 0 Å². The Morgan fingerprint density at radius 2 is 1.90 bits per heavy atom. The highest BCUT2D eigenvalue weighted by molar-refractivity contribution is 6.32. The van der Waals surface area contributed by atoms with Crippen LogP contribution in [0.2, 0.25) is 5.02 Å². The lowest BCUT2D eigenvalue weighted by Crippen LogP contribution is -2.28. The Hall–Kier alpha value is -1.87. The molecular weight excluding hydrogens is 286 g/mol. The molecule has 2 aromatic rings. The van der Waals surface area contributed by atoms with Gasteiger partial charge in [0.1, 0.15) is 18.1 Å². The molecule has 0 radical (unpaired) electrons. The molecule has 0 unspecified atom stereocenters. The molecule has 0 heterocycles.